The van der Waals surface area contributed by atoms with Crippen LogP contribution < -0.4 is 10.2 Å². The minimum Gasteiger partial charge on any atom is -0.368 e. The van der Waals surface area contributed by atoms with E-state index in [1.54, 1.807) is 6.20 Å². The minimum atomic E-state index is -0.0583. The number of thiazole rings is 1. The Morgan fingerprint density at radius 1 is 1.19 bits per heavy atom. The first kappa shape index (κ1) is 13.9. The molecule has 0 spiro atoms. The van der Waals surface area contributed by atoms with Crippen molar-refractivity contribution < 1.29 is 4.79 Å². The molecule has 1 saturated heterocycles. The molecule has 1 aromatic heterocycles. The summed E-state index contributed by atoms with van der Waals surface area (Å²) in [5.74, 6) is 0. The Hall–Kier alpha value is -2.08. The molecule has 3 rings (SSSR count). The van der Waals surface area contributed by atoms with Crippen LogP contribution in [0.5, 0.6) is 0 Å². The SMILES string of the molecule is Cc1cnc(NC(=O)N2CCN(c3ccccc3)CC2)s1. The fourth-order valence-electron chi connectivity index (χ4n) is 2.39. The molecule has 2 aromatic rings. The number of piperazine rings is 1. The van der Waals surface area contributed by atoms with Crippen molar-refractivity contribution in [2.24, 2.45) is 0 Å². The van der Waals surface area contributed by atoms with Gasteiger partial charge in [0.1, 0.15) is 0 Å². The van der Waals surface area contributed by atoms with Crippen molar-refractivity contribution in [2.75, 3.05) is 36.4 Å². The zero-order valence-electron chi connectivity index (χ0n) is 12.0. The monoisotopic (exact) mass is 302 g/mol. The molecule has 0 radical (unpaired) electrons. The highest BCUT2D eigenvalue weighted by molar-refractivity contribution is 7.15. The van der Waals surface area contributed by atoms with Crippen LogP contribution in [0, 0.1) is 6.92 Å². The third kappa shape index (κ3) is 3.33. The van der Waals surface area contributed by atoms with E-state index in [0.717, 1.165) is 31.1 Å². The zero-order chi connectivity index (χ0) is 14.7. The van der Waals surface area contributed by atoms with E-state index in [1.165, 1.54) is 17.0 Å². The van der Waals surface area contributed by atoms with Gasteiger partial charge in [-0.05, 0) is 19.1 Å². The molecular formula is C15H18N4OS. The second kappa shape index (κ2) is 6.13. The van der Waals surface area contributed by atoms with Gasteiger partial charge in [-0.25, -0.2) is 9.78 Å². The number of nitrogens with one attached hydrogen (secondary N) is 1. The number of hydrogen-bond acceptors (Lipinski definition) is 4. The first-order valence-electron chi connectivity index (χ1n) is 7.01. The highest BCUT2D eigenvalue weighted by atomic mass is 32.1. The number of urea groups is 1. The third-order valence-corrected chi connectivity index (χ3v) is 4.35. The minimum absolute atomic E-state index is 0.0583. The number of nitrogens with zero attached hydrogens (tertiary/aromatic N) is 3. The standard InChI is InChI=1S/C15H18N4OS/c1-12-11-16-14(21-12)17-15(20)19-9-7-18(8-10-19)13-5-3-2-4-6-13/h2-6,11H,7-10H2,1H3,(H,16,17,20). The van der Waals surface area contributed by atoms with Crippen molar-refractivity contribution in [3.63, 3.8) is 0 Å². The van der Waals surface area contributed by atoms with E-state index in [0.29, 0.717) is 5.13 Å². The number of amides is 2. The topological polar surface area (TPSA) is 48.5 Å². The maximum Gasteiger partial charge on any atom is 0.323 e. The van der Waals surface area contributed by atoms with Gasteiger partial charge in [0.2, 0.25) is 0 Å². The van der Waals surface area contributed by atoms with E-state index in [9.17, 15) is 4.79 Å². The molecule has 6 heteroatoms. The molecule has 1 fully saturated rings. The quantitative estimate of drug-likeness (QED) is 0.928. The molecule has 0 aliphatic carbocycles. The van der Waals surface area contributed by atoms with E-state index in [4.69, 9.17) is 0 Å². The summed E-state index contributed by atoms with van der Waals surface area (Å²) in [4.78, 5) is 21.6. The van der Waals surface area contributed by atoms with Crippen molar-refractivity contribution >= 4 is 28.2 Å². The van der Waals surface area contributed by atoms with Gasteiger partial charge in [-0.1, -0.05) is 18.2 Å². The molecule has 21 heavy (non-hydrogen) atoms. The van der Waals surface area contributed by atoms with Gasteiger partial charge in [0, 0.05) is 42.9 Å². The fourth-order valence-corrected chi connectivity index (χ4v) is 3.04. The maximum absolute atomic E-state index is 12.2. The molecular weight excluding hydrogens is 284 g/mol. The molecule has 1 aromatic carbocycles. The highest BCUT2D eigenvalue weighted by Gasteiger charge is 2.21. The molecule has 110 valence electrons. The predicted octanol–water partition coefficient (Wildman–Crippen LogP) is 2.81. The second-order valence-electron chi connectivity index (χ2n) is 5.02. The highest BCUT2D eigenvalue weighted by Crippen LogP contribution is 2.18. The number of benzene rings is 1. The lowest BCUT2D eigenvalue weighted by Gasteiger charge is -2.35. The molecule has 0 atom stereocenters. The summed E-state index contributed by atoms with van der Waals surface area (Å²) in [7, 11) is 0. The summed E-state index contributed by atoms with van der Waals surface area (Å²) in [5.41, 5.74) is 1.22. The molecule has 2 heterocycles. The number of carbonyl (C=O) groups excluding carboxylic acids is 1. The largest absolute Gasteiger partial charge is 0.368 e. The van der Waals surface area contributed by atoms with Crippen molar-refractivity contribution in [1.29, 1.82) is 0 Å². The molecule has 0 saturated carbocycles. The Labute approximate surface area is 128 Å². The summed E-state index contributed by atoms with van der Waals surface area (Å²) in [6, 6.07) is 10.3. The van der Waals surface area contributed by atoms with Crippen molar-refractivity contribution in [2.45, 2.75) is 6.92 Å². The Morgan fingerprint density at radius 2 is 1.90 bits per heavy atom. The first-order valence-corrected chi connectivity index (χ1v) is 7.82. The van der Waals surface area contributed by atoms with Crippen molar-refractivity contribution in [3.05, 3.63) is 41.4 Å². The molecule has 0 unspecified atom stereocenters. The Bertz CT molecular complexity index is 605. The molecule has 5 nitrogen and oxygen atoms in total. The Morgan fingerprint density at radius 3 is 2.52 bits per heavy atom. The van der Waals surface area contributed by atoms with Gasteiger partial charge in [0.15, 0.2) is 5.13 Å². The summed E-state index contributed by atoms with van der Waals surface area (Å²) < 4.78 is 0. The normalized spacial score (nSPS) is 15.1. The van der Waals surface area contributed by atoms with Gasteiger partial charge in [-0.3, -0.25) is 5.32 Å². The summed E-state index contributed by atoms with van der Waals surface area (Å²) >= 11 is 1.50. The fraction of sp³-hybridized carbons (Fsp3) is 0.333. The Balaban J connectivity index is 1.54. The molecule has 0 bridgehead atoms. The number of aromatic nitrogens is 1. The van der Waals surface area contributed by atoms with E-state index in [-0.39, 0.29) is 6.03 Å². The lowest BCUT2D eigenvalue weighted by atomic mass is 10.2. The summed E-state index contributed by atoms with van der Waals surface area (Å²) in [6.07, 6.45) is 1.77. The van der Waals surface area contributed by atoms with Crippen molar-refractivity contribution in [3.8, 4) is 0 Å². The zero-order valence-corrected chi connectivity index (χ0v) is 12.8. The second-order valence-corrected chi connectivity index (χ2v) is 6.25. The van der Waals surface area contributed by atoms with Crippen LogP contribution >= 0.6 is 11.3 Å². The van der Waals surface area contributed by atoms with Crippen LogP contribution in [-0.2, 0) is 0 Å². The van der Waals surface area contributed by atoms with Crippen LogP contribution in [-0.4, -0.2) is 42.1 Å². The van der Waals surface area contributed by atoms with Crippen molar-refractivity contribution in [1.82, 2.24) is 9.88 Å². The molecule has 1 N–H and O–H groups in total. The number of rotatable bonds is 2. The van der Waals surface area contributed by atoms with Crippen LogP contribution in [0.15, 0.2) is 36.5 Å². The predicted molar refractivity (Wildman–Crippen MR) is 86.1 cm³/mol. The van der Waals surface area contributed by atoms with Gasteiger partial charge >= 0.3 is 6.03 Å². The van der Waals surface area contributed by atoms with Crippen LogP contribution in [0.25, 0.3) is 0 Å². The van der Waals surface area contributed by atoms with Gasteiger partial charge in [-0.15, -0.1) is 11.3 Å². The van der Waals surface area contributed by atoms with E-state index in [1.807, 2.05) is 30.0 Å². The van der Waals surface area contributed by atoms with Crippen LogP contribution in [0.2, 0.25) is 0 Å². The van der Waals surface area contributed by atoms with Crippen LogP contribution in [0.1, 0.15) is 4.88 Å². The average molecular weight is 302 g/mol. The first-order chi connectivity index (χ1) is 10.2. The van der Waals surface area contributed by atoms with Gasteiger partial charge in [0.05, 0.1) is 0 Å². The number of para-hydroxylation sites is 1. The third-order valence-electron chi connectivity index (χ3n) is 3.52. The molecule has 2 amide bonds. The number of anilines is 2. The number of aryl methyl sites for hydroxylation is 1. The van der Waals surface area contributed by atoms with Gasteiger partial charge in [0.25, 0.3) is 0 Å². The van der Waals surface area contributed by atoms with Gasteiger partial charge < -0.3 is 9.80 Å². The Kier molecular flexibility index (Phi) is 4.06. The van der Waals surface area contributed by atoms with Gasteiger partial charge in [-0.2, -0.15) is 0 Å². The molecule has 1 aliphatic rings. The lowest BCUT2D eigenvalue weighted by molar-refractivity contribution is 0.208. The maximum atomic E-state index is 12.2. The van der Waals surface area contributed by atoms with E-state index >= 15 is 0 Å². The molecule has 1 aliphatic heterocycles. The summed E-state index contributed by atoms with van der Waals surface area (Å²) in [6.45, 7) is 5.14. The average Bonchev–Trinajstić information content (AvgIpc) is 2.93. The lowest BCUT2D eigenvalue weighted by Crippen LogP contribution is -2.50. The van der Waals surface area contributed by atoms with E-state index in [2.05, 4.69) is 27.3 Å². The summed E-state index contributed by atoms with van der Waals surface area (Å²) in [5, 5.41) is 3.53. The van der Waals surface area contributed by atoms with E-state index < -0.39 is 0 Å². The number of hydrogen-bond donors (Lipinski definition) is 1. The van der Waals surface area contributed by atoms with Crippen LogP contribution in [0.3, 0.4) is 0 Å². The number of carbonyl (C=O) groups is 1. The van der Waals surface area contributed by atoms with Crippen LogP contribution in [0.4, 0.5) is 15.6 Å². The smallest absolute Gasteiger partial charge is 0.323 e.